The topological polar surface area (TPSA) is 75.4 Å². The maximum atomic E-state index is 12.5. The summed E-state index contributed by atoms with van der Waals surface area (Å²) >= 11 is 0. The van der Waals surface area contributed by atoms with Crippen LogP contribution in [0.25, 0.3) is 0 Å². The van der Waals surface area contributed by atoms with Crippen LogP contribution in [0.3, 0.4) is 0 Å². The molecule has 2 fully saturated rings. The molecule has 0 saturated carbocycles. The third-order valence-electron chi connectivity index (χ3n) is 4.30. The lowest BCUT2D eigenvalue weighted by molar-refractivity contribution is 0.309. The molecule has 2 heterocycles. The number of anilines is 1. The van der Waals surface area contributed by atoms with Crippen molar-refractivity contribution in [2.75, 3.05) is 18.8 Å². The number of nitrogen functional groups attached to an aromatic ring is 1. The number of nitrogens with two attached hydrogens (primary N) is 1. The zero-order chi connectivity index (χ0) is 14.3. The van der Waals surface area contributed by atoms with Gasteiger partial charge in [-0.3, -0.25) is 4.90 Å². The molecule has 1 aromatic carbocycles. The van der Waals surface area contributed by atoms with Gasteiger partial charge in [0.05, 0.1) is 4.90 Å². The van der Waals surface area contributed by atoms with Gasteiger partial charge in [0.15, 0.2) is 0 Å². The largest absolute Gasteiger partial charge is 0.399 e. The van der Waals surface area contributed by atoms with Crippen LogP contribution in [0.2, 0.25) is 0 Å². The van der Waals surface area contributed by atoms with Gasteiger partial charge in [0.25, 0.3) is 0 Å². The second-order valence-electron chi connectivity index (χ2n) is 5.84. The fraction of sp³-hybridized carbons (Fsp3) is 0.571. The summed E-state index contributed by atoms with van der Waals surface area (Å²) in [6, 6.07) is 5.36. The summed E-state index contributed by atoms with van der Waals surface area (Å²) in [5.41, 5.74) is 7.10. The Morgan fingerprint density at radius 2 is 2.05 bits per heavy atom. The molecule has 2 unspecified atom stereocenters. The van der Waals surface area contributed by atoms with Crippen LogP contribution < -0.4 is 10.5 Å². The Morgan fingerprint density at radius 1 is 1.25 bits per heavy atom. The van der Waals surface area contributed by atoms with Crippen molar-refractivity contribution in [2.45, 2.75) is 43.2 Å². The fourth-order valence-electron chi connectivity index (χ4n) is 3.42. The Hall–Kier alpha value is -1.11. The predicted octanol–water partition coefficient (Wildman–Crippen LogP) is 1.09. The fourth-order valence-corrected chi connectivity index (χ4v) is 4.86. The number of hydrogen-bond donors (Lipinski definition) is 2. The number of nitrogens with one attached hydrogen (secondary N) is 1. The van der Waals surface area contributed by atoms with E-state index >= 15 is 0 Å². The summed E-state index contributed by atoms with van der Waals surface area (Å²) < 4.78 is 27.9. The first-order valence-corrected chi connectivity index (χ1v) is 8.57. The molecule has 6 heteroatoms. The molecule has 3 N–H and O–H groups in total. The summed E-state index contributed by atoms with van der Waals surface area (Å²) in [5.74, 6) is 0. The van der Waals surface area contributed by atoms with Crippen molar-refractivity contribution in [1.29, 1.82) is 0 Å². The average Bonchev–Trinajstić information content (AvgIpc) is 2.93. The van der Waals surface area contributed by atoms with Gasteiger partial charge in [0, 0.05) is 24.3 Å². The molecule has 3 rings (SSSR count). The van der Waals surface area contributed by atoms with E-state index in [1.807, 2.05) is 6.92 Å². The molecule has 1 aromatic rings. The lowest BCUT2D eigenvalue weighted by Gasteiger charge is -2.21. The van der Waals surface area contributed by atoms with Crippen molar-refractivity contribution in [3.63, 3.8) is 0 Å². The second-order valence-corrected chi connectivity index (χ2v) is 7.56. The minimum atomic E-state index is -3.48. The Kier molecular flexibility index (Phi) is 3.48. The van der Waals surface area contributed by atoms with Gasteiger partial charge in [-0.25, -0.2) is 13.1 Å². The summed E-state index contributed by atoms with van der Waals surface area (Å²) in [5, 5.41) is 0. The Labute approximate surface area is 120 Å². The van der Waals surface area contributed by atoms with E-state index in [4.69, 9.17) is 5.73 Å². The van der Waals surface area contributed by atoms with E-state index in [0.717, 1.165) is 31.5 Å². The first-order valence-electron chi connectivity index (χ1n) is 7.09. The molecule has 0 radical (unpaired) electrons. The zero-order valence-corrected chi connectivity index (χ0v) is 12.5. The molecule has 0 aliphatic carbocycles. The minimum Gasteiger partial charge on any atom is -0.399 e. The van der Waals surface area contributed by atoms with Crippen LogP contribution in [-0.2, 0) is 10.0 Å². The first kappa shape index (κ1) is 13.9. The maximum absolute atomic E-state index is 12.5. The molecule has 0 bridgehead atoms. The highest BCUT2D eigenvalue weighted by molar-refractivity contribution is 7.89. The Bertz CT molecular complexity index is 595. The van der Waals surface area contributed by atoms with E-state index in [1.54, 1.807) is 12.1 Å². The first-order chi connectivity index (χ1) is 9.45. The van der Waals surface area contributed by atoms with Gasteiger partial charge in [-0.15, -0.1) is 0 Å². The smallest absolute Gasteiger partial charge is 0.240 e. The van der Waals surface area contributed by atoms with Gasteiger partial charge in [-0.1, -0.05) is 0 Å². The van der Waals surface area contributed by atoms with E-state index < -0.39 is 10.0 Å². The number of sulfonamides is 1. The van der Waals surface area contributed by atoms with Crippen LogP contribution in [0.15, 0.2) is 23.1 Å². The highest BCUT2D eigenvalue weighted by Gasteiger charge is 2.39. The van der Waals surface area contributed by atoms with Crippen LogP contribution in [0.4, 0.5) is 5.69 Å². The van der Waals surface area contributed by atoms with Gasteiger partial charge in [0.1, 0.15) is 0 Å². The molecule has 0 amide bonds. The number of fused-ring (bicyclic) bond motifs is 1. The monoisotopic (exact) mass is 295 g/mol. The van der Waals surface area contributed by atoms with E-state index in [2.05, 4.69) is 9.62 Å². The molecule has 0 spiro atoms. The lowest BCUT2D eigenvalue weighted by Crippen LogP contribution is -2.42. The summed E-state index contributed by atoms with van der Waals surface area (Å²) in [6.07, 6.45) is 3.15. The van der Waals surface area contributed by atoms with Crippen LogP contribution >= 0.6 is 0 Å². The maximum Gasteiger partial charge on any atom is 0.240 e. The number of benzene rings is 1. The molecular formula is C14H21N3O2S. The molecular weight excluding hydrogens is 274 g/mol. The summed E-state index contributed by atoms with van der Waals surface area (Å²) in [6.45, 7) is 3.94. The number of aryl methyl sites for hydroxylation is 1. The third-order valence-corrected chi connectivity index (χ3v) is 5.77. The molecule has 2 aliphatic heterocycles. The summed E-state index contributed by atoms with van der Waals surface area (Å²) in [7, 11) is -3.48. The lowest BCUT2D eigenvalue weighted by atomic mass is 10.1. The number of hydrogen-bond acceptors (Lipinski definition) is 4. The van der Waals surface area contributed by atoms with Crippen molar-refractivity contribution in [2.24, 2.45) is 0 Å². The van der Waals surface area contributed by atoms with Crippen molar-refractivity contribution >= 4 is 15.7 Å². The summed E-state index contributed by atoms with van der Waals surface area (Å²) in [4.78, 5) is 2.66. The predicted molar refractivity (Wildman–Crippen MR) is 78.9 cm³/mol. The second kappa shape index (κ2) is 5.02. The van der Waals surface area contributed by atoms with Crippen molar-refractivity contribution in [1.82, 2.24) is 9.62 Å². The standard InChI is InChI=1S/C14H21N3O2S/c1-10-7-11(15)9-12(8-10)20(18,19)16-13-4-6-17-5-2-3-14(13)17/h7-9,13-14,16H,2-6,15H2,1H3. The normalized spacial score (nSPS) is 26.9. The molecule has 110 valence electrons. The van der Waals surface area contributed by atoms with Crippen LogP contribution in [-0.4, -0.2) is 38.5 Å². The molecule has 20 heavy (non-hydrogen) atoms. The van der Waals surface area contributed by atoms with E-state index in [-0.39, 0.29) is 10.9 Å². The van der Waals surface area contributed by atoms with Crippen molar-refractivity contribution < 1.29 is 8.42 Å². The molecule has 5 nitrogen and oxygen atoms in total. The van der Waals surface area contributed by atoms with Gasteiger partial charge in [-0.05, 0) is 56.5 Å². The minimum absolute atomic E-state index is 0.0317. The Morgan fingerprint density at radius 3 is 2.80 bits per heavy atom. The van der Waals surface area contributed by atoms with Crippen LogP contribution in [0, 0.1) is 6.92 Å². The quantitative estimate of drug-likeness (QED) is 0.819. The van der Waals surface area contributed by atoms with Gasteiger partial charge >= 0.3 is 0 Å². The molecule has 2 saturated heterocycles. The van der Waals surface area contributed by atoms with E-state index in [0.29, 0.717) is 11.7 Å². The van der Waals surface area contributed by atoms with Gasteiger partial charge in [-0.2, -0.15) is 0 Å². The van der Waals surface area contributed by atoms with Gasteiger partial charge < -0.3 is 5.73 Å². The average molecular weight is 295 g/mol. The third kappa shape index (κ3) is 2.55. The SMILES string of the molecule is Cc1cc(N)cc(S(=O)(=O)NC2CCN3CCCC23)c1. The number of rotatable bonds is 3. The van der Waals surface area contributed by atoms with E-state index in [9.17, 15) is 8.42 Å². The van der Waals surface area contributed by atoms with E-state index in [1.165, 1.54) is 12.5 Å². The highest BCUT2D eigenvalue weighted by atomic mass is 32.2. The molecule has 2 aliphatic rings. The molecule has 2 atom stereocenters. The van der Waals surface area contributed by atoms with Crippen molar-refractivity contribution in [3.8, 4) is 0 Å². The van der Waals surface area contributed by atoms with Crippen LogP contribution in [0.5, 0.6) is 0 Å². The molecule has 0 aromatic heterocycles. The van der Waals surface area contributed by atoms with Gasteiger partial charge in [0.2, 0.25) is 10.0 Å². The van der Waals surface area contributed by atoms with Crippen LogP contribution in [0.1, 0.15) is 24.8 Å². The highest BCUT2D eigenvalue weighted by Crippen LogP contribution is 2.29. The Balaban J connectivity index is 1.82. The number of nitrogens with zero attached hydrogens (tertiary/aromatic N) is 1. The van der Waals surface area contributed by atoms with Crippen molar-refractivity contribution in [3.05, 3.63) is 23.8 Å². The zero-order valence-electron chi connectivity index (χ0n) is 11.7.